The summed E-state index contributed by atoms with van der Waals surface area (Å²) in [6.07, 6.45) is 0.662. The van der Waals surface area contributed by atoms with Crippen molar-refractivity contribution in [2.75, 3.05) is 13.1 Å². The lowest BCUT2D eigenvalue weighted by Crippen LogP contribution is -2.37. The Morgan fingerprint density at radius 1 is 1.19 bits per heavy atom. The van der Waals surface area contributed by atoms with E-state index in [-0.39, 0.29) is 11.8 Å². The van der Waals surface area contributed by atoms with Crippen LogP contribution in [-0.2, 0) is 4.79 Å². The largest absolute Gasteiger partial charge is 0.369 e. The molecule has 16 heavy (non-hydrogen) atoms. The van der Waals surface area contributed by atoms with Gasteiger partial charge >= 0.3 is 0 Å². The number of nitrogens with one attached hydrogen (secondary N) is 1. The maximum atomic E-state index is 10.8. The SMILES string of the molecule is CC.CC.CC(C)NCC(CCN)C(N)=O. The zero-order valence-electron chi connectivity index (χ0n) is 11.8. The predicted molar refractivity (Wildman–Crippen MR) is 72.2 cm³/mol. The van der Waals surface area contributed by atoms with Crippen molar-refractivity contribution in [3.63, 3.8) is 0 Å². The van der Waals surface area contributed by atoms with Crippen LogP contribution in [0.1, 0.15) is 48.0 Å². The van der Waals surface area contributed by atoms with E-state index in [0.29, 0.717) is 25.6 Å². The summed E-state index contributed by atoms with van der Waals surface area (Å²) in [4.78, 5) is 10.8. The lowest BCUT2D eigenvalue weighted by atomic mass is 10.1. The van der Waals surface area contributed by atoms with Crippen molar-refractivity contribution >= 4 is 5.91 Å². The van der Waals surface area contributed by atoms with Crippen molar-refractivity contribution in [2.45, 2.75) is 54.0 Å². The van der Waals surface area contributed by atoms with Gasteiger partial charge in [0, 0.05) is 12.6 Å². The molecule has 0 aromatic rings. The van der Waals surface area contributed by atoms with Crippen LogP contribution in [-0.4, -0.2) is 25.0 Å². The molecule has 0 rings (SSSR count). The highest BCUT2D eigenvalue weighted by Gasteiger charge is 2.13. The fraction of sp³-hybridized carbons (Fsp3) is 0.917. The Hall–Kier alpha value is -0.610. The molecule has 4 heteroatoms. The second kappa shape index (κ2) is 16.8. The number of nitrogens with two attached hydrogens (primary N) is 2. The highest BCUT2D eigenvalue weighted by atomic mass is 16.1. The first-order chi connectivity index (χ1) is 7.57. The lowest BCUT2D eigenvalue weighted by Gasteiger charge is -2.14. The highest BCUT2D eigenvalue weighted by molar-refractivity contribution is 5.76. The van der Waals surface area contributed by atoms with Crippen LogP contribution in [0.4, 0.5) is 0 Å². The van der Waals surface area contributed by atoms with Crippen LogP contribution >= 0.6 is 0 Å². The number of carbonyl (C=O) groups is 1. The molecule has 0 heterocycles. The molecule has 1 amide bonds. The van der Waals surface area contributed by atoms with Crippen LogP contribution in [0.3, 0.4) is 0 Å². The standard InChI is InChI=1S/C8H19N3O.2C2H6/c1-6(2)11-5-7(3-4-9)8(10)12;2*1-2/h6-7,11H,3-5,9H2,1-2H3,(H2,10,12);2*1-2H3. The molecule has 5 N–H and O–H groups in total. The summed E-state index contributed by atoms with van der Waals surface area (Å²) >= 11 is 0. The van der Waals surface area contributed by atoms with Gasteiger partial charge in [-0.15, -0.1) is 0 Å². The predicted octanol–water partition coefficient (Wildman–Crippen LogP) is 1.49. The van der Waals surface area contributed by atoms with E-state index in [9.17, 15) is 4.79 Å². The molecule has 1 unspecified atom stereocenters. The summed E-state index contributed by atoms with van der Waals surface area (Å²) < 4.78 is 0. The number of hydrogen-bond donors (Lipinski definition) is 3. The summed E-state index contributed by atoms with van der Waals surface area (Å²) in [5.74, 6) is -0.397. The molecule has 0 aliphatic rings. The van der Waals surface area contributed by atoms with Crippen molar-refractivity contribution < 1.29 is 4.79 Å². The van der Waals surface area contributed by atoms with Crippen molar-refractivity contribution in [1.82, 2.24) is 5.32 Å². The summed E-state index contributed by atoms with van der Waals surface area (Å²) in [6, 6.07) is 0.379. The average Bonchev–Trinajstić information content (AvgIpc) is 2.29. The number of carbonyl (C=O) groups excluding carboxylic acids is 1. The minimum atomic E-state index is -0.270. The fourth-order valence-electron chi connectivity index (χ4n) is 0.924. The molecule has 0 fully saturated rings. The third-order valence-electron chi connectivity index (χ3n) is 1.69. The topological polar surface area (TPSA) is 81.1 Å². The Morgan fingerprint density at radius 3 is 1.88 bits per heavy atom. The number of rotatable bonds is 6. The van der Waals surface area contributed by atoms with E-state index in [1.165, 1.54) is 0 Å². The molecular weight excluding hydrogens is 202 g/mol. The van der Waals surface area contributed by atoms with Gasteiger partial charge in [0.2, 0.25) is 5.91 Å². The molecule has 0 saturated heterocycles. The Balaban J connectivity index is -0.000000376. The summed E-state index contributed by atoms with van der Waals surface area (Å²) in [5.41, 5.74) is 10.5. The normalized spacial score (nSPS) is 10.8. The fourth-order valence-corrected chi connectivity index (χ4v) is 0.924. The zero-order chi connectivity index (χ0) is 13.6. The molecule has 0 bridgehead atoms. The molecule has 4 nitrogen and oxygen atoms in total. The van der Waals surface area contributed by atoms with Gasteiger partial charge in [0.1, 0.15) is 0 Å². The molecule has 0 aliphatic heterocycles. The maximum absolute atomic E-state index is 10.8. The highest BCUT2D eigenvalue weighted by Crippen LogP contribution is 1.99. The number of amides is 1. The second-order valence-electron chi connectivity index (χ2n) is 3.24. The second-order valence-corrected chi connectivity index (χ2v) is 3.24. The smallest absolute Gasteiger partial charge is 0.221 e. The zero-order valence-corrected chi connectivity index (χ0v) is 11.8. The molecule has 100 valence electrons. The summed E-state index contributed by atoms with van der Waals surface area (Å²) in [6.45, 7) is 13.2. The molecule has 0 saturated carbocycles. The van der Waals surface area contributed by atoms with Crippen LogP contribution in [0.2, 0.25) is 0 Å². The quantitative estimate of drug-likeness (QED) is 0.650. The molecule has 0 spiro atoms. The molecule has 0 aromatic carbocycles. The minimum absolute atomic E-state index is 0.127. The maximum Gasteiger partial charge on any atom is 0.221 e. The van der Waals surface area contributed by atoms with Gasteiger partial charge in [-0.25, -0.2) is 0 Å². The van der Waals surface area contributed by atoms with Gasteiger partial charge in [-0.1, -0.05) is 41.5 Å². The monoisotopic (exact) mass is 233 g/mol. The molecule has 0 aliphatic carbocycles. The Bertz CT molecular complexity index is 138. The molecule has 0 aromatic heterocycles. The van der Waals surface area contributed by atoms with Crippen LogP contribution in [0.5, 0.6) is 0 Å². The molecule has 1 atom stereocenters. The Kier molecular flexibility index (Phi) is 21.8. The van der Waals surface area contributed by atoms with E-state index in [1.54, 1.807) is 0 Å². The van der Waals surface area contributed by atoms with Crippen LogP contribution in [0.15, 0.2) is 0 Å². The van der Waals surface area contributed by atoms with Crippen molar-refractivity contribution in [1.29, 1.82) is 0 Å². The molecular formula is C12H31N3O. The van der Waals surface area contributed by atoms with Gasteiger partial charge in [-0.2, -0.15) is 0 Å². The van der Waals surface area contributed by atoms with Gasteiger partial charge in [0.05, 0.1) is 5.92 Å². The van der Waals surface area contributed by atoms with E-state index < -0.39 is 0 Å². The van der Waals surface area contributed by atoms with E-state index >= 15 is 0 Å². The lowest BCUT2D eigenvalue weighted by molar-refractivity contribution is -0.121. The van der Waals surface area contributed by atoms with Gasteiger partial charge in [-0.05, 0) is 13.0 Å². The Labute approximate surface area is 101 Å². The third kappa shape index (κ3) is 15.8. The first kappa shape index (κ1) is 20.8. The van der Waals surface area contributed by atoms with Crippen LogP contribution < -0.4 is 16.8 Å². The molecule has 0 radical (unpaired) electrons. The number of primary amides is 1. The van der Waals surface area contributed by atoms with E-state index in [0.717, 1.165) is 0 Å². The third-order valence-corrected chi connectivity index (χ3v) is 1.69. The van der Waals surface area contributed by atoms with Gasteiger partial charge in [0.15, 0.2) is 0 Å². The minimum Gasteiger partial charge on any atom is -0.369 e. The average molecular weight is 233 g/mol. The summed E-state index contributed by atoms with van der Waals surface area (Å²) in [5, 5.41) is 3.16. The van der Waals surface area contributed by atoms with Crippen LogP contribution in [0.25, 0.3) is 0 Å². The summed E-state index contributed by atoms with van der Waals surface area (Å²) in [7, 11) is 0. The van der Waals surface area contributed by atoms with E-state index in [4.69, 9.17) is 11.5 Å². The van der Waals surface area contributed by atoms with Gasteiger partial charge in [-0.3, -0.25) is 4.79 Å². The van der Waals surface area contributed by atoms with Crippen molar-refractivity contribution in [2.24, 2.45) is 17.4 Å². The first-order valence-electron chi connectivity index (χ1n) is 6.30. The van der Waals surface area contributed by atoms with E-state index in [1.807, 2.05) is 41.5 Å². The van der Waals surface area contributed by atoms with Gasteiger partial charge in [0.25, 0.3) is 0 Å². The first-order valence-corrected chi connectivity index (χ1v) is 6.30. The van der Waals surface area contributed by atoms with E-state index in [2.05, 4.69) is 5.32 Å². The van der Waals surface area contributed by atoms with Crippen molar-refractivity contribution in [3.05, 3.63) is 0 Å². The number of hydrogen-bond acceptors (Lipinski definition) is 3. The van der Waals surface area contributed by atoms with Crippen molar-refractivity contribution in [3.8, 4) is 0 Å². The van der Waals surface area contributed by atoms with Gasteiger partial charge < -0.3 is 16.8 Å². The van der Waals surface area contributed by atoms with Crippen LogP contribution in [0, 0.1) is 5.92 Å². The Morgan fingerprint density at radius 2 is 1.62 bits per heavy atom.